The van der Waals surface area contributed by atoms with Crippen molar-refractivity contribution in [2.45, 2.75) is 19.4 Å². The number of hydrogen-bond acceptors (Lipinski definition) is 4. The van der Waals surface area contributed by atoms with Gasteiger partial charge in [-0.2, -0.15) is 0 Å². The number of aromatic nitrogens is 1. The van der Waals surface area contributed by atoms with Crippen molar-refractivity contribution < 1.29 is 14.7 Å². The minimum Gasteiger partial charge on any atom is -0.480 e. The number of anilines is 1. The molecular formula is C17H17Cl2N3O3. The summed E-state index contributed by atoms with van der Waals surface area (Å²) < 4.78 is 0. The van der Waals surface area contributed by atoms with Gasteiger partial charge in [0.05, 0.1) is 15.6 Å². The van der Waals surface area contributed by atoms with Gasteiger partial charge in [-0.15, -0.1) is 0 Å². The smallest absolute Gasteiger partial charge is 0.321 e. The summed E-state index contributed by atoms with van der Waals surface area (Å²) in [6, 6.07) is 6.26. The van der Waals surface area contributed by atoms with Crippen LogP contribution in [-0.4, -0.2) is 34.6 Å². The number of aliphatic carboxylic acids is 1. The molecule has 25 heavy (non-hydrogen) atoms. The van der Waals surface area contributed by atoms with E-state index in [1.807, 2.05) is 6.92 Å². The third-order valence-electron chi connectivity index (χ3n) is 3.48. The fourth-order valence-electron chi connectivity index (χ4n) is 2.27. The molecule has 0 aliphatic carbocycles. The number of hydrogen-bond donors (Lipinski definition) is 3. The molecule has 2 aromatic rings. The number of pyridine rings is 1. The summed E-state index contributed by atoms with van der Waals surface area (Å²) in [6.45, 7) is 2.42. The van der Waals surface area contributed by atoms with Crippen molar-refractivity contribution in [1.82, 2.24) is 10.3 Å². The Balaban J connectivity index is 2.07. The molecule has 1 aromatic heterocycles. The van der Waals surface area contributed by atoms with Crippen molar-refractivity contribution in [3.05, 3.63) is 57.8 Å². The Hall–Kier alpha value is -2.15. The van der Waals surface area contributed by atoms with Crippen LogP contribution in [0.2, 0.25) is 10.0 Å². The quantitative estimate of drug-likeness (QED) is 0.684. The van der Waals surface area contributed by atoms with E-state index < -0.39 is 17.9 Å². The molecular weight excluding hydrogens is 365 g/mol. The summed E-state index contributed by atoms with van der Waals surface area (Å²) >= 11 is 11.9. The van der Waals surface area contributed by atoms with E-state index in [1.165, 1.54) is 12.4 Å². The number of carbonyl (C=O) groups is 2. The molecule has 1 aromatic carbocycles. The number of nitrogens with zero attached hydrogens (tertiary/aromatic N) is 1. The molecule has 1 amide bonds. The van der Waals surface area contributed by atoms with Gasteiger partial charge < -0.3 is 15.7 Å². The predicted molar refractivity (Wildman–Crippen MR) is 97.5 cm³/mol. The van der Waals surface area contributed by atoms with Gasteiger partial charge in [-0.3, -0.25) is 14.6 Å². The lowest BCUT2D eigenvalue weighted by Crippen LogP contribution is -2.38. The number of carboxylic acids is 1. The van der Waals surface area contributed by atoms with E-state index in [4.69, 9.17) is 28.3 Å². The maximum Gasteiger partial charge on any atom is 0.321 e. The van der Waals surface area contributed by atoms with Crippen molar-refractivity contribution in [2.24, 2.45) is 0 Å². The first-order chi connectivity index (χ1) is 11.9. The van der Waals surface area contributed by atoms with E-state index in [0.717, 1.165) is 5.56 Å². The second-order valence-electron chi connectivity index (χ2n) is 5.28. The highest BCUT2D eigenvalue weighted by Gasteiger charge is 2.17. The molecule has 0 saturated heterocycles. The van der Waals surface area contributed by atoms with Crippen molar-refractivity contribution in [2.75, 3.05) is 11.9 Å². The highest BCUT2D eigenvalue weighted by atomic mass is 35.5. The number of rotatable bonds is 7. The molecule has 0 spiro atoms. The molecule has 0 fully saturated rings. The molecule has 0 saturated carbocycles. The minimum atomic E-state index is -0.902. The Morgan fingerprint density at radius 3 is 2.28 bits per heavy atom. The van der Waals surface area contributed by atoms with Crippen LogP contribution in [0.25, 0.3) is 0 Å². The molecule has 1 heterocycles. The molecule has 0 bridgehead atoms. The maximum absolute atomic E-state index is 12.3. The molecule has 2 rings (SSSR count). The van der Waals surface area contributed by atoms with Gasteiger partial charge in [-0.05, 0) is 30.7 Å². The maximum atomic E-state index is 12.3. The lowest BCUT2D eigenvalue weighted by Gasteiger charge is -2.13. The third-order valence-corrected chi connectivity index (χ3v) is 4.05. The van der Waals surface area contributed by atoms with E-state index >= 15 is 0 Å². The highest BCUT2D eigenvalue weighted by molar-refractivity contribution is 6.40. The van der Waals surface area contributed by atoms with Gasteiger partial charge in [-0.1, -0.05) is 42.3 Å². The van der Waals surface area contributed by atoms with Crippen LogP contribution in [0.1, 0.15) is 22.8 Å². The third kappa shape index (κ3) is 5.16. The van der Waals surface area contributed by atoms with Crippen molar-refractivity contribution in [3.63, 3.8) is 0 Å². The fourth-order valence-corrected chi connectivity index (χ4v) is 2.81. The monoisotopic (exact) mass is 381 g/mol. The van der Waals surface area contributed by atoms with Crippen LogP contribution in [0.5, 0.6) is 0 Å². The largest absolute Gasteiger partial charge is 0.480 e. The first-order valence-electron chi connectivity index (χ1n) is 7.57. The summed E-state index contributed by atoms with van der Waals surface area (Å²) in [5, 5.41) is 15.1. The Morgan fingerprint density at radius 1 is 1.16 bits per heavy atom. The average molecular weight is 382 g/mol. The lowest BCUT2D eigenvalue weighted by atomic mass is 10.1. The molecule has 3 N–H and O–H groups in total. The van der Waals surface area contributed by atoms with Crippen molar-refractivity contribution in [3.8, 4) is 0 Å². The van der Waals surface area contributed by atoms with E-state index in [9.17, 15) is 9.59 Å². The molecule has 0 radical (unpaired) electrons. The van der Waals surface area contributed by atoms with Gasteiger partial charge in [0, 0.05) is 18.1 Å². The Kier molecular flexibility index (Phi) is 6.75. The molecule has 0 aliphatic rings. The lowest BCUT2D eigenvalue weighted by molar-refractivity contribution is -0.139. The molecule has 1 atom stereocenters. The van der Waals surface area contributed by atoms with E-state index in [2.05, 4.69) is 15.6 Å². The van der Waals surface area contributed by atoms with Crippen LogP contribution in [0, 0.1) is 0 Å². The fraction of sp³-hybridized carbons (Fsp3) is 0.235. The average Bonchev–Trinajstić information content (AvgIpc) is 2.56. The van der Waals surface area contributed by atoms with Crippen LogP contribution < -0.4 is 10.6 Å². The summed E-state index contributed by atoms with van der Waals surface area (Å²) in [5.41, 5.74) is 1.54. The van der Waals surface area contributed by atoms with E-state index in [1.54, 1.807) is 24.3 Å². The molecule has 132 valence electrons. The van der Waals surface area contributed by atoms with Crippen LogP contribution in [-0.2, 0) is 11.2 Å². The summed E-state index contributed by atoms with van der Waals surface area (Å²) in [7, 11) is 0. The van der Waals surface area contributed by atoms with Gasteiger partial charge in [0.15, 0.2) is 0 Å². The second kappa shape index (κ2) is 8.80. The van der Waals surface area contributed by atoms with E-state index in [-0.39, 0.29) is 15.6 Å². The van der Waals surface area contributed by atoms with Gasteiger partial charge in [0.25, 0.3) is 5.91 Å². The number of halogens is 2. The normalized spacial score (nSPS) is 11.8. The zero-order valence-electron chi connectivity index (χ0n) is 13.4. The Morgan fingerprint density at radius 2 is 1.76 bits per heavy atom. The SMILES string of the molecule is CCN[C@@H](Cc1ccc(NC(=O)c2c(Cl)cncc2Cl)cc1)C(=O)O. The Bertz CT molecular complexity index is 746. The first-order valence-corrected chi connectivity index (χ1v) is 8.33. The van der Waals surface area contributed by atoms with Crippen molar-refractivity contribution >= 4 is 40.8 Å². The zero-order chi connectivity index (χ0) is 18.4. The van der Waals surface area contributed by atoms with Gasteiger partial charge in [0.1, 0.15) is 6.04 Å². The van der Waals surface area contributed by atoms with E-state index in [0.29, 0.717) is 18.7 Å². The standard InChI is InChI=1S/C17H17Cl2N3O3/c1-2-21-14(17(24)25)7-10-3-5-11(6-4-10)22-16(23)15-12(18)8-20-9-13(15)19/h3-6,8-9,14,21H,2,7H2,1H3,(H,22,23)(H,24,25)/t14-/m0/s1. The number of benzene rings is 1. The van der Waals surface area contributed by atoms with Crippen LogP contribution in [0.4, 0.5) is 5.69 Å². The predicted octanol–water partition coefficient (Wildman–Crippen LogP) is 3.25. The number of carbonyl (C=O) groups excluding carboxylic acids is 1. The molecule has 0 unspecified atom stereocenters. The number of nitrogens with one attached hydrogen (secondary N) is 2. The van der Waals surface area contributed by atoms with Gasteiger partial charge >= 0.3 is 5.97 Å². The summed E-state index contributed by atoms with van der Waals surface area (Å²) in [6.07, 6.45) is 3.04. The molecule has 0 aliphatic heterocycles. The molecule has 8 heteroatoms. The zero-order valence-corrected chi connectivity index (χ0v) is 14.9. The second-order valence-corrected chi connectivity index (χ2v) is 6.10. The molecule has 6 nitrogen and oxygen atoms in total. The Labute approximate surface area is 155 Å². The van der Waals surface area contributed by atoms with Crippen LogP contribution in [0.3, 0.4) is 0 Å². The van der Waals surface area contributed by atoms with Gasteiger partial charge in [-0.25, -0.2) is 0 Å². The minimum absolute atomic E-state index is 0.153. The first kappa shape index (κ1) is 19.2. The highest BCUT2D eigenvalue weighted by Crippen LogP contribution is 2.24. The van der Waals surface area contributed by atoms with Crippen molar-refractivity contribution in [1.29, 1.82) is 0 Å². The van der Waals surface area contributed by atoms with Crippen LogP contribution in [0.15, 0.2) is 36.7 Å². The van der Waals surface area contributed by atoms with Crippen LogP contribution >= 0.6 is 23.2 Å². The van der Waals surface area contributed by atoms with Gasteiger partial charge in [0.2, 0.25) is 0 Å². The number of carboxylic acid groups (broad SMARTS) is 1. The topological polar surface area (TPSA) is 91.3 Å². The summed E-state index contributed by atoms with van der Waals surface area (Å²) in [5.74, 6) is -1.34. The number of likely N-dealkylation sites (N-methyl/N-ethyl adjacent to an activating group) is 1. The number of amides is 1. The summed E-state index contributed by atoms with van der Waals surface area (Å²) in [4.78, 5) is 27.3.